The van der Waals surface area contributed by atoms with Crippen molar-refractivity contribution in [3.05, 3.63) is 58.1 Å². The number of anilines is 2. The Bertz CT molecular complexity index is 1330. The van der Waals surface area contributed by atoms with Gasteiger partial charge in [0.15, 0.2) is 17.7 Å². The van der Waals surface area contributed by atoms with E-state index in [1.807, 2.05) is 4.90 Å². The van der Waals surface area contributed by atoms with E-state index in [0.717, 1.165) is 6.07 Å². The minimum atomic E-state index is -4.26. The molecule has 222 valence electrons. The molecule has 2 atom stereocenters. The summed E-state index contributed by atoms with van der Waals surface area (Å²) in [5.41, 5.74) is -0.0339. The molecule has 41 heavy (non-hydrogen) atoms. The SMILES string of the molecule is C[C@@H]1CN(c2cc(Cl)ccc2NC(=O)c2ccc(CNC(=O)C3CCC(=O)O3)c(F)c2F)CCN1CCC(F)(F)F. The molecule has 2 aromatic rings. The Labute approximate surface area is 237 Å². The first-order chi connectivity index (χ1) is 19.3. The number of rotatable bonds is 8. The van der Waals surface area contributed by atoms with Crippen molar-refractivity contribution in [2.45, 2.75) is 51.1 Å². The van der Waals surface area contributed by atoms with Crippen molar-refractivity contribution in [3.8, 4) is 0 Å². The van der Waals surface area contributed by atoms with Crippen molar-refractivity contribution in [2.75, 3.05) is 36.4 Å². The van der Waals surface area contributed by atoms with Crippen molar-refractivity contribution < 1.29 is 41.1 Å². The maximum atomic E-state index is 14.9. The lowest BCUT2D eigenvalue weighted by Crippen LogP contribution is -2.52. The maximum absolute atomic E-state index is 14.9. The van der Waals surface area contributed by atoms with E-state index in [4.69, 9.17) is 16.3 Å². The lowest BCUT2D eigenvalue weighted by molar-refractivity contribution is -0.148. The second-order valence-electron chi connectivity index (χ2n) is 9.95. The third kappa shape index (κ3) is 7.64. The van der Waals surface area contributed by atoms with Crippen LogP contribution in [-0.4, -0.2) is 67.2 Å². The van der Waals surface area contributed by atoms with Crippen LogP contribution >= 0.6 is 11.6 Å². The zero-order valence-corrected chi connectivity index (χ0v) is 22.7. The Morgan fingerprint density at radius 2 is 1.88 bits per heavy atom. The Morgan fingerprint density at radius 1 is 1.12 bits per heavy atom. The van der Waals surface area contributed by atoms with Gasteiger partial charge in [0.25, 0.3) is 11.8 Å². The van der Waals surface area contributed by atoms with Crippen molar-refractivity contribution >= 4 is 40.8 Å². The monoisotopic (exact) mass is 602 g/mol. The van der Waals surface area contributed by atoms with Crippen LogP contribution < -0.4 is 15.5 Å². The normalized spacial score (nSPS) is 19.7. The van der Waals surface area contributed by atoms with Gasteiger partial charge in [-0.3, -0.25) is 19.3 Å². The van der Waals surface area contributed by atoms with Crippen LogP contribution in [0.4, 0.5) is 33.3 Å². The van der Waals surface area contributed by atoms with Gasteiger partial charge in [-0.05, 0) is 31.2 Å². The van der Waals surface area contributed by atoms with E-state index in [2.05, 4.69) is 10.6 Å². The average Bonchev–Trinajstić information content (AvgIpc) is 3.35. The summed E-state index contributed by atoms with van der Waals surface area (Å²) in [7, 11) is 0. The van der Waals surface area contributed by atoms with Crippen molar-refractivity contribution in [3.63, 3.8) is 0 Å². The minimum absolute atomic E-state index is 0.0947. The molecule has 0 bridgehead atoms. The third-order valence-electron chi connectivity index (χ3n) is 7.03. The van der Waals surface area contributed by atoms with Gasteiger partial charge in [-0.15, -0.1) is 0 Å². The van der Waals surface area contributed by atoms with Gasteiger partial charge in [0.2, 0.25) is 0 Å². The highest BCUT2D eigenvalue weighted by Crippen LogP contribution is 2.32. The number of amides is 2. The molecule has 8 nitrogen and oxygen atoms in total. The zero-order valence-electron chi connectivity index (χ0n) is 22.0. The molecule has 14 heteroatoms. The van der Waals surface area contributed by atoms with Gasteiger partial charge >= 0.3 is 12.1 Å². The van der Waals surface area contributed by atoms with Crippen LogP contribution in [0.5, 0.6) is 0 Å². The fourth-order valence-electron chi connectivity index (χ4n) is 4.79. The molecule has 2 aromatic carbocycles. The fourth-order valence-corrected chi connectivity index (χ4v) is 4.95. The second-order valence-corrected chi connectivity index (χ2v) is 10.4. The first kappa shape index (κ1) is 30.5. The Hall–Kier alpha value is -3.45. The number of cyclic esters (lactones) is 1. The summed E-state index contributed by atoms with van der Waals surface area (Å²) >= 11 is 6.18. The summed E-state index contributed by atoms with van der Waals surface area (Å²) in [6.07, 6.45) is -5.87. The van der Waals surface area contributed by atoms with E-state index in [-0.39, 0.29) is 43.2 Å². The summed E-state index contributed by atoms with van der Waals surface area (Å²) < 4.78 is 72.6. The van der Waals surface area contributed by atoms with Gasteiger partial charge in [0.05, 0.1) is 23.4 Å². The molecule has 0 radical (unpaired) electrons. The van der Waals surface area contributed by atoms with Crippen molar-refractivity contribution in [1.82, 2.24) is 10.2 Å². The standard InChI is InChI=1S/C27H28ClF5N4O4/c1-15-14-37(11-10-36(15)9-8-27(31,32)33)20-12-17(28)3-5-19(20)35-25(39)18-4-2-16(23(29)24(18)30)13-34-26(40)21-6-7-22(38)41-21/h2-5,12,15,21H,6-11,13-14H2,1H3,(H,34,40)(H,35,39)/t15-,21?/m1/s1. The first-order valence-corrected chi connectivity index (χ1v) is 13.3. The summed E-state index contributed by atoms with van der Waals surface area (Å²) in [6.45, 7) is 2.34. The summed E-state index contributed by atoms with van der Waals surface area (Å²) in [5, 5.41) is 5.31. The number of ether oxygens (including phenoxy) is 1. The van der Waals surface area contributed by atoms with Gasteiger partial charge < -0.3 is 20.3 Å². The second kappa shape index (κ2) is 12.6. The molecule has 0 saturated carbocycles. The molecule has 0 aromatic heterocycles. The van der Waals surface area contributed by atoms with Gasteiger partial charge in [-0.25, -0.2) is 8.78 Å². The van der Waals surface area contributed by atoms with Crippen molar-refractivity contribution in [1.29, 1.82) is 0 Å². The Balaban J connectivity index is 1.43. The number of carbonyl (C=O) groups is 3. The molecule has 4 rings (SSSR count). The van der Waals surface area contributed by atoms with E-state index in [0.29, 0.717) is 30.3 Å². The lowest BCUT2D eigenvalue weighted by atomic mass is 10.1. The van der Waals surface area contributed by atoms with E-state index >= 15 is 0 Å². The highest BCUT2D eigenvalue weighted by atomic mass is 35.5. The Morgan fingerprint density at radius 3 is 2.54 bits per heavy atom. The number of hydrogen-bond acceptors (Lipinski definition) is 6. The van der Waals surface area contributed by atoms with E-state index in [1.165, 1.54) is 18.2 Å². The van der Waals surface area contributed by atoms with Crippen LogP contribution in [0, 0.1) is 11.6 Å². The fraction of sp³-hybridized carbons (Fsp3) is 0.444. The number of halogens is 6. The zero-order chi connectivity index (χ0) is 29.9. The molecular weight excluding hydrogens is 575 g/mol. The van der Waals surface area contributed by atoms with Gasteiger partial charge in [0, 0.05) is 62.2 Å². The van der Waals surface area contributed by atoms with Crippen LogP contribution in [0.3, 0.4) is 0 Å². The van der Waals surface area contributed by atoms with Crippen LogP contribution in [0.1, 0.15) is 42.1 Å². The number of benzene rings is 2. The molecule has 0 aliphatic carbocycles. The number of nitrogens with zero attached hydrogens (tertiary/aromatic N) is 2. The van der Waals surface area contributed by atoms with Crippen LogP contribution in [0.25, 0.3) is 0 Å². The molecule has 0 spiro atoms. The molecule has 1 unspecified atom stereocenters. The molecule has 2 heterocycles. The van der Waals surface area contributed by atoms with Gasteiger partial charge in [0.1, 0.15) is 0 Å². The maximum Gasteiger partial charge on any atom is 0.390 e. The Kier molecular flexibility index (Phi) is 9.37. The smallest absolute Gasteiger partial charge is 0.390 e. The number of nitrogens with one attached hydrogen (secondary N) is 2. The number of hydrogen-bond donors (Lipinski definition) is 2. The predicted molar refractivity (Wildman–Crippen MR) is 141 cm³/mol. The quantitative estimate of drug-likeness (QED) is 0.338. The summed E-state index contributed by atoms with van der Waals surface area (Å²) in [6, 6.07) is 6.62. The number of esters is 1. The van der Waals surface area contributed by atoms with E-state index < -0.39 is 53.7 Å². The molecule has 2 aliphatic rings. The van der Waals surface area contributed by atoms with Crippen LogP contribution in [0.2, 0.25) is 5.02 Å². The van der Waals surface area contributed by atoms with E-state index in [9.17, 15) is 36.3 Å². The largest absolute Gasteiger partial charge is 0.452 e. The highest BCUT2D eigenvalue weighted by molar-refractivity contribution is 6.31. The van der Waals surface area contributed by atoms with Crippen LogP contribution in [-0.2, 0) is 20.9 Å². The third-order valence-corrected chi connectivity index (χ3v) is 7.27. The summed E-state index contributed by atoms with van der Waals surface area (Å²) in [5.74, 6) is -4.82. The summed E-state index contributed by atoms with van der Waals surface area (Å²) in [4.78, 5) is 39.9. The molecule has 2 saturated heterocycles. The number of piperazine rings is 1. The number of alkyl halides is 3. The topological polar surface area (TPSA) is 91.0 Å². The lowest BCUT2D eigenvalue weighted by Gasteiger charge is -2.41. The highest BCUT2D eigenvalue weighted by Gasteiger charge is 2.32. The van der Waals surface area contributed by atoms with Gasteiger partial charge in [-0.1, -0.05) is 17.7 Å². The predicted octanol–water partition coefficient (Wildman–Crippen LogP) is 4.66. The molecular formula is C27H28ClF5N4O4. The molecule has 2 N–H and O–H groups in total. The number of carbonyl (C=O) groups excluding carboxylic acids is 3. The average molecular weight is 603 g/mol. The van der Waals surface area contributed by atoms with Gasteiger partial charge in [-0.2, -0.15) is 13.2 Å². The molecule has 2 amide bonds. The van der Waals surface area contributed by atoms with Crippen LogP contribution in [0.15, 0.2) is 30.3 Å². The molecule has 2 aliphatic heterocycles. The first-order valence-electron chi connectivity index (χ1n) is 12.9. The van der Waals surface area contributed by atoms with E-state index in [1.54, 1.807) is 17.9 Å². The van der Waals surface area contributed by atoms with Crippen molar-refractivity contribution in [2.24, 2.45) is 0 Å². The minimum Gasteiger partial charge on any atom is -0.452 e. The molecule has 2 fully saturated rings.